The minimum atomic E-state index is -4.14. The second kappa shape index (κ2) is 10.6. The molecule has 0 heterocycles. The van der Waals surface area contributed by atoms with E-state index in [0.29, 0.717) is 11.1 Å². The second-order valence-corrected chi connectivity index (χ2v) is 8.14. The first-order chi connectivity index (χ1) is 14.6. The van der Waals surface area contributed by atoms with Crippen LogP contribution in [0.25, 0.3) is 10.5 Å². The van der Waals surface area contributed by atoms with E-state index >= 15 is 0 Å². The van der Waals surface area contributed by atoms with Crippen molar-refractivity contribution < 1.29 is 43.6 Å². The van der Waals surface area contributed by atoms with Crippen molar-refractivity contribution >= 4 is 20.6 Å². The SMILES string of the molecule is O=S(=O)(Oc1ccccc1)C(=C(c1ccccc1)c1ccccc1)c1ccccc1.[H-].[Na+]. The van der Waals surface area contributed by atoms with E-state index in [-0.39, 0.29) is 41.6 Å². The molecule has 150 valence electrons. The van der Waals surface area contributed by atoms with Crippen LogP contribution in [0.5, 0.6) is 5.75 Å². The predicted octanol–water partition coefficient (Wildman–Crippen LogP) is 3.13. The Kier molecular flexibility index (Phi) is 7.88. The van der Waals surface area contributed by atoms with Crippen molar-refractivity contribution in [3.05, 3.63) is 138 Å². The van der Waals surface area contributed by atoms with Crippen molar-refractivity contribution in [1.29, 1.82) is 0 Å². The Labute approximate surface area is 206 Å². The molecular weight excluding hydrogens is 415 g/mol. The summed E-state index contributed by atoms with van der Waals surface area (Å²) in [6, 6.07) is 36.6. The van der Waals surface area contributed by atoms with Gasteiger partial charge < -0.3 is 5.61 Å². The quantitative estimate of drug-likeness (QED) is 0.265. The van der Waals surface area contributed by atoms with Crippen LogP contribution in [0.4, 0.5) is 0 Å². The Morgan fingerprint density at radius 1 is 0.548 bits per heavy atom. The first kappa shape index (κ1) is 23.0. The van der Waals surface area contributed by atoms with Gasteiger partial charge in [0.05, 0.1) is 0 Å². The van der Waals surface area contributed by atoms with Crippen LogP contribution in [-0.2, 0) is 10.1 Å². The summed E-state index contributed by atoms with van der Waals surface area (Å²) < 4.78 is 32.8. The van der Waals surface area contributed by atoms with Gasteiger partial charge in [0.2, 0.25) is 0 Å². The monoisotopic (exact) mass is 436 g/mol. The molecule has 0 aliphatic heterocycles. The zero-order valence-electron chi connectivity index (χ0n) is 18.2. The molecule has 0 aliphatic carbocycles. The molecule has 0 radical (unpaired) electrons. The molecule has 4 aromatic rings. The van der Waals surface area contributed by atoms with Gasteiger partial charge >= 0.3 is 39.7 Å². The summed E-state index contributed by atoms with van der Waals surface area (Å²) >= 11 is 0. The minimum Gasteiger partial charge on any atom is -1.00 e. The normalized spacial score (nSPS) is 10.6. The summed E-state index contributed by atoms with van der Waals surface area (Å²) in [5.74, 6) is 0.270. The maximum atomic E-state index is 13.6. The fourth-order valence-electron chi connectivity index (χ4n) is 3.29. The second-order valence-electron chi connectivity index (χ2n) is 6.65. The molecule has 3 nitrogen and oxygen atoms in total. The molecule has 0 unspecified atom stereocenters. The third kappa shape index (κ3) is 5.54. The van der Waals surface area contributed by atoms with Gasteiger partial charge in [-0.3, -0.25) is 0 Å². The van der Waals surface area contributed by atoms with Crippen LogP contribution in [0.3, 0.4) is 0 Å². The first-order valence-corrected chi connectivity index (χ1v) is 11.0. The third-order valence-corrected chi connectivity index (χ3v) is 5.94. The summed E-state index contributed by atoms with van der Waals surface area (Å²) in [7, 11) is -4.14. The maximum absolute atomic E-state index is 13.6. The summed E-state index contributed by atoms with van der Waals surface area (Å²) in [6.07, 6.45) is 0. The molecule has 4 rings (SSSR count). The zero-order valence-corrected chi connectivity index (χ0v) is 20.0. The van der Waals surface area contributed by atoms with E-state index < -0.39 is 10.1 Å². The maximum Gasteiger partial charge on any atom is 1.00 e. The average molecular weight is 437 g/mol. The smallest absolute Gasteiger partial charge is 1.00 e. The summed E-state index contributed by atoms with van der Waals surface area (Å²) in [5.41, 5.74) is 2.75. The van der Waals surface area contributed by atoms with Gasteiger partial charge in [-0.2, -0.15) is 8.42 Å². The minimum absolute atomic E-state index is 0. The predicted molar refractivity (Wildman–Crippen MR) is 122 cm³/mol. The van der Waals surface area contributed by atoms with Crippen LogP contribution in [0.2, 0.25) is 0 Å². The number of para-hydroxylation sites is 1. The molecule has 0 bridgehead atoms. The standard InChI is InChI=1S/C26H20O3S.Na.H/c27-30(28,29-24-19-11-4-12-20-24)26(23-17-9-3-10-18-23)25(21-13-5-1-6-14-21)22-15-7-2-8-16-22;;/h1-20H;;/q;+1;-1. The van der Waals surface area contributed by atoms with E-state index in [0.717, 1.165) is 11.1 Å². The summed E-state index contributed by atoms with van der Waals surface area (Å²) in [5, 5.41) is 0. The molecule has 0 spiro atoms. The molecule has 0 atom stereocenters. The van der Waals surface area contributed by atoms with E-state index in [4.69, 9.17) is 4.18 Å². The Balaban J connectivity index is 0.00000181. The molecule has 31 heavy (non-hydrogen) atoms. The third-order valence-electron chi connectivity index (χ3n) is 4.59. The molecule has 0 saturated carbocycles. The largest absolute Gasteiger partial charge is 1.00 e. The molecule has 0 amide bonds. The van der Waals surface area contributed by atoms with E-state index in [1.54, 1.807) is 36.4 Å². The number of rotatable bonds is 6. The molecule has 0 aliphatic rings. The van der Waals surface area contributed by atoms with Gasteiger partial charge in [-0.05, 0) is 28.8 Å². The van der Waals surface area contributed by atoms with Crippen LogP contribution in [0.15, 0.2) is 121 Å². The van der Waals surface area contributed by atoms with E-state index in [1.807, 2.05) is 84.9 Å². The van der Waals surface area contributed by atoms with Crippen LogP contribution in [-0.4, -0.2) is 8.42 Å². The van der Waals surface area contributed by atoms with Gasteiger partial charge in [-0.1, -0.05) is 109 Å². The molecule has 0 N–H and O–H groups in total. The van der Waals surface area contributed by atoms with Crippen molar-refractivity contribution in [3.8, 4) is 5.75 Å². The number of hydrogen-bond acceptors (Lipinski definition) is 3. The molecule has 5 heteroatoms. The average Bonchev–Trinajstić information content (AvgIpc) is 2.79. The van der Waals surface area contributed by atoms with Crippen molar-refractivity contribution in [1.82, 2.24) is 0 Å². The first-order valence-electron chi connectivity index (χ1n) is 9.55. The fourth-order valence-corrected chi connectivity index (χ4v) is 4.64. The Hall–Kier alpha value is -2.63. The van der Waals surface area contributed by atoms with Gasteiger partial charge in [-0.15, -0.1) is 0 Å². The van der Waals surface area contributed by atoms with Crippen molar-refractivity contribution in [2.75, 3.05) is 0 Å². The van der Waals surface area contributed by atoms with Gasteiger partial charge in [0.1, 0.15) is 10.7 Å². The van der Waals surface area contributed by atoms with Crippen LogP contribution < -0.4 is 33.7 Å². The van der Waals surface area contributed by atoms with Gasteiger partial charge in [0, 0.05) is 5.57 Å². The molecule has 0 aromatic heterocycles. The van der Waals surface area contributed by atoms with Gasteiger partial charge in [0.25, 0.3) is 0 Å². The van der Waals surface area contributed by atoms with Gasteiger partial charge in [-0.25, -0.2) is 0 Å². The molecule has 0 saturated heterocycles. The van der Waals surface area contributed by atoms with E-state index in [2.05, 4.69) is 0 Å². The van der Waals surface area contributed by atoms with E-state index in [9.17, 15) is 8.42 Å². The van der Waals surface area contributed by atoms with Crippen LogP contribution in [0, 0.1) is 0 Å². The summed E-state index contributed by atoms with van der Waals surface area (Å²) in [4.78, 5) is 0.129. The Bertz CT molecular complexity index is 1200. The van der Waals surface area contributed by atoms with Crippen molar-refractivity contribution in [2.45, 2.75) is 0 Å². The summed E-state index contributed by atoms with van der Waals surface area (Å²) in [6.45, 7) is 0. The fraction of sp³-hybridized carbons (Fsp3) is 0. The van der Waals surface area contributed by atoms with Crippen molar-refractivity contribution in [2.24, 2.45) is 0 Å². The van der Waals surface area contributed by atoms with Gasteiger partial charge in [0.15, 0.2) is 0 Å². The number of hydrogen-bond donors (Lipinski definition) is 0. The van der Waals surface area contributed by atoms with Crippen molar-refractivity contribution in [3.63, 3.8) is 0 Å². The van der Waals surface area contributed by atoms with Crippen LogP contribution in [0.1, 0.15) is 18.1 Å². The molecular formula is C26H21NaO3S. The zero-order chi connectivity index (χ0) is 20.8. The molecule has 0 fully saturated rings. The topological polar surface area (TPSA) is 43.4 Å². The molecule has 4 aromatic carbocycles. The Morgan fingerprint density at radius 3 is 1.32 bits per heavy atom. The van der Waals surface area contributed by atoms with E-state index in [1.165, 1.54) is 0 Å². The van der Waals surface area contributed by atoms with Crippen LogP contribution >= 0.6 is 0 Å². The number of benzene rings is 4. The Morgan fingerprint density at radius 2 is 0.903 bits per heavy atom.